The van der Waals surface area contributed by atoms with Crippen molar-refractivity contribution >= 4 is 5.96 Å². The molecule has 1 aromatic carbocycles. The molecule has 0 aromatic heterocycles. The number of alkyl halides is 2. The van der Waals surface area contributed by atoms with Gasteiger partial charge in [-0.3, -0.25) is 4.99 Å². The highest BCUT2D eigenvalue weighted by molar-refractivity contribution is 5.79. The molecule has 0 amide bonds. The van der Waals surface area contributed by atoms with Crippen LogP contribution in [0, 0.1) is 6.92 Å². The lowest BCUT2D eigenvalue weighted by atomic mass is 10.1. The Bertz CT molecular complexity index is 594. The number of aryl methyl sites for hydroxylation is 1. The molecule has 1 aliphatic rings. The number of nitrogens with zero attached hydrogens (tertiary/aromatic N) is 1. The first-order valence-electron chi connectivity index (χ1n) is 9.26. The minimum Gasteiger partial charge on any atom is -0.434 e. The van der Waals surface area contributed by atoms with Crippen LogP contribution in [-0.4, -0.2) is 52.1 Å². The Morgan fingerprint density at radius 1 is 1.37 bits per heavy atom. The quantitative estimate of drug-likeness (QED) is 0.368. The van der Waals surface area contributed by atoms with Gasteiger partial charge in [0, 0.05) is 38.9 Å². The standard InChI is InChI=1S/C19H29F2N3O3/c1-14-6-7-17(27-18(20)21)15(11-14)12-24-19(22-2)23-8-4-9-25-13-16-5-3-10-26-16/h6-7,11,16,18H,3-5,8-10,12-13H2,1-2H3,(H2,22,23,24). The second-order valence-electron chi connectivity index (χ2n) is 6.41. The summed E-state index contributed by atoms with van der Waals surface area (Å²) in [6.45, 7) is 2.21. The molecule has 27 heavy (non-hydrogen) atoms. The Morgan fingerprint density at radius 2 is 2.22 bits per heavy atom. The van der Waals surface area contributed by atoms with Gasteiger partial charge >= 0.3 is 6.61 Å². The summed E-state index contributed by atoms with van der Waals surface area (Å²) < 4.78 is 40.8. The van der Waals surface area contributed by atoms with Gasteiger partial charge in [-0.2, -0.15) is 8.78 Å². The van der Waals surface area contributed by atoms with Crippen molar-refractivity contribution in [2.45, 2.75) is 45.4 Å². The number of nitrogens with one attached hydrogen (secondary N) is 2. The van der Waals surface area contributed by atoms with Crippen LogP contribution in [-0.2, 0) is 16.0 Å². The maximum Gasteiger partial charge on any atom is 0.387 e. The molecule has 1 aromatic rings. The molecule has 0 saturated carbocycles. The zero-order valence-electron chi connectivity index (χ0n) is 16.0. The van der Waals surface area contributed by atoms with Crippen molar-refractivity contribution in [3.63, 3.8) is 0 Å². The van der Waals surface area contributed by atoms with E-state index in [1.54, 1.807) is 19.2 Å². The van der Waals surface area contributed by atoms with E-state index < -0.39 is 6.61 Å². The molecule has 1 fully saturated rings. The van der Waals surface area contributed by atoms with Crippen LogP contribution in [0.15, 0.2) is 23.2 Å². The van der Waals surface area contributed by atoms with Crippen LogP contribution in [0.5, 0.6) is 5.75 Å². The largest absolute Gasteiger partial charge is 0.434 e. The molecule has 0 aliphatic carbocycles. The third kappa shape index (κ3) is 8.09. The van der Waals surface area contributed by atoms with Crippen LogP contribution < -0.4 is 15.4 Å². The summed E-state index contributed by atoms with van der Waals surface area (Å²) >= 11 is 0. The topological polar surface area (TPSA) is 64.1 Å². The Hall–Kier alpha value is -1.93. The van der Waals surface area contributed by atoms with Crippen molar-refractivity contribution in [3.05, 3.63) is 29.3 Å². The number of hydrogen-bond donors (Lipinski definition) is 2. The van der Waals surface area contributed by atoms with Gasteiger partial charge in [-0.05, 0) is 32.3 Å². The number of guanidine groups is 1. The molecule has 8 heteroatoms. The molecular weight excluding hydrogens is 356 g/mol. The lowest BCUT2D eigenvalue weighted by molar-refractivity contribution is -0.0504. The van der Waals surface area contributed by atoms with Crippen molar-refractivity contribution in [1.82, 2.24) is 10.6 Å². The van der Waals surface area contributed by atoms with Gasteiger partial charge in [0.25, 0.3) is 0 Å². The minimum absolute atomic E-state index is 0.168. The minimum atomic E-state index is -2.85. The summed E-state index contributed by atoms with van der Waals surface area (Å²) in [4.78, 5) is 4.14. The zero-order chi connectivity index (χ0) is 19.5. The van der Waals surface area contributed by atoms with Crippen molar-refractivity contribution < 1.29 is 23.0 Å². The van der Waals surface area contributed by atoms with Gasteiger partial charge in [0.15, 0.2) is 5.96 Å². The number of aliphatic imine (C=N–C) groups is 1. The van der Waals surface area contributed by atoms with Crippen LogP contribution in [0.2, 0.25) is 0 Å². The molecule has 152 valence electrons. The second kappa shape index (κ2) is 11.7. The van der Waals surface area contributed by atoms with Crippen LogP contribution in [0.1, 0.15) is 30.4 Å². The lowest BCUT2D eigenvalue weighted by Crippen LogP contribution is -2.37. The van der Waals surface area contributed by atoms with Gasteiger partial charge in [0.05, 0.1) is 12.7 Å². The fraction of sp³-hybridized carbons (Fsp3) is 0.632. The van der Waals surface area contributed by atoms with Gasteiger partial charge in [0.1, 0.15) is 5.75 Å². The Kier molecular flexibility index (Phi) is 9.27. The molecule has 1 heterocycles. The first-order chi connectivity index (χ1) is 13.1. The summed E-state index contributed by atoms with van der Waals surface area (Å²) in [5.74, 6) is 0.764. The Balaban J connectivity index is 1.68. The van der Waals surface area contributed by atoms with Crippen LogP contribution in [0.4, 0.5) is 8.78 Å². The molecule has 2 rings (SSSR count). The smallest absolute Gasteiger partial charge is 0.387 e. The van der Waals surface area contributed by atoms with Crippen molar-refractivity contribution in [2.24, 2.45) is 4.99 Å². The molecule has 1 unspecified atom stereocenters. The van der Waals surface area contributed by atoms with Crippen LogP contribution >= 0.6 is 0 Å². The first-order valence-corrected chi connectivity index (χ1v) is 9.26. The predicted octanol–water partition coefficient (Wildman–Crippen LogP) is 2.85. The van der Waals surface area contributed by atoms with Crippen LogP contribution in [0.3, 0.4) is 0 Å². The summed E-state index contributed by atoms with van der Waals surface area (Å²) in [7, 11) is 1.66. The van der Waals surface area contributed by atoms with E-state index in [2.05, 4.69) is 20.4 Å². The number of hydrogen-bond acceptors (Lipinski definition) is 4. The lowest BCUT2D eigenvalue weighted by Gasteiger charge is -2.15. The van der Waals surface area contributed by atoms with E-state index >= 15 is 0 Å². The summed E-state index contributed by atoms with van der Waals surface area (Å²) in [6.07, 6.45) is 3.26. The van der Waals surface area contributed by atoms with Gasteiger partial charge < -0.3 is 24.8 Å². The van der Waals surface area contributed by atoms with E-state index in [9.17, 15) is 8.78 Å². The van der Waals surface area contributed by atoms with Crippen molar-refractivity contribution in [2.75, 3.05) is 33.4 Å². The van der Waals surface area contributed by atoms with Gasteiger partial charge in [-0.25, -0.2) is 0 Å². The van der Waals surface area contributed by atoms with Crippen molar-refractivity contribution in [3.8, 4) is 5.75 Å². The van der Waals surface area contributed by atoms with E-state index in [0.717, 1.165) is 31.4 Å². The SMILES string of the molecule is CN=C(NCCCOCC1CCCO1)NCc1cc(C)ccc1OC(F)F. The molecule has 0 radical (unpaired) electrons. The summed E-state index contributed by atoms with van der Waals surface area (Å²) in [5, 5.41) is 6.30. The number of rotatable bonds is 10. The maximum atomic E-state index is 12.5. The Labute approximate surface area is 159 Å². The predicted molar refractivity (Wildman–Crippen MR) is 100 cm³/mol. The molecular formula is C19H29F2N3O3. The monoisotopic (exact) mass is 385 g/mol. The number of halogens is 2. The number of ether oxygens (including phenoxy) is 3. The van der Waals surface area contributed by atoms with E-state index in [1.807, 2.05) is 13.0 Å². The molecule has 1 saturated heterocycles. The second-order valence-corrected chi connectivity index (χ2v) is 6.41. The zero-order valence-corrected chi connectivity index (χ0v) is 16.0. The molecule has 0 bridgehead atoms. The Morgan fingerprint density at radius 3 is 2.93 bits per heavy atom. The van der Waals surface area contributed by atoms with E-state index in [1.165, 1.54) is 0 Å². The van der Waals surface area contributed by atoms with Gasteiger partial charge in [-0.15, -0.1) is 0 Å². The summed E-state index contributed by atoms with van der Waals surface area (Å²) in [6, 6.07) is 5.11. The highest BCUT2D eigenvalue weighted by Crippen LogP contribution is 2.21. The van der Waals surface area contributed by atoms with Gasteiger partial charge in [-0.1, -0.05) is 17.7 Å². The van der Waals surface area contributed by atoms with E-state index in [4.69, 9.17) is 9.47 Å². The fourth-order valence-corrected chi connectivity index (χ4v) is 2.83. The highest BCUT2D eigenvalue weighted by atomic mass is 19.3. The van der Waals surface area contributed by atoms with Crippen LogP contribution in [0.25, 0.3) is 0 Å². The summed E-state index contributed by atoms with van der Waals surface area (Å²) in [5.41, 5.74) is 1.62. The molecule has 1 aliphatic heterocycles. The highest BCUT2D eigenvalue weighted by Gasteiger charge is 2.15. The third-order valence-corrected chi connectivity index (χ3v) is 4.19. The average molecular weight is 385 g/mol. The number of benzene rings is 1. The fourth-order valence-electron chi connectivity index (χ4n) is 2.83. The third-order valence-electron chi connectivity index (χ3n) is 4.19. The molecule has 2 N–H and O–H groups in total. The van der Waals surface area contributed by atoms with Gasteiger partial charge in [0.2, 0.25) is 0 Å². The first kappa shape index (κ1) is 21.4. The molecule has 0 spiro atoms. The van der Waals surface area contributed by atoms with E-state index in [0.29, 0.717) is 37.8 Å². The van der Waals surface area contributed by atoms with E-state index in [-0.39, 0.29) is 11.9 Å². The molecule has 6 nitrogen and oxygen atoms in total. The molecule has 1 atom stereocenters. The maximum absolute atomic E-state index is 12.5. The van der Waals surface area contributed by atoms with Crippen molar-refractivity contribution in [1.29, 1.82) is 0 Å². The average Bonchev–Trinajstić information content (AvgIpc) is 3.15. The normalized spacial score (nSPS) is 17.4.